The molecule has 0 saturated carbocycles. The van der Waals surface area contributed by atoms with Crippen LogP contribution in [0.4, 0.5) is 5.69 Å². The Labute approximate surface area is 118 Å². The van der Waals surface area contributed by atoms with Crippen LogP contribution in [0.3, 0.4) is 0 Å². The summed E-state index contributed by atoms with van der Waals surface area (Å²) in [7, 11) is 0. The van der Waals surface area contributed by atoms with Crippen molar-refractivity contribution < 1.29 is 4.79 Å². The fourth-order valence-electron chi connectivity index (χ4n) is 2.03. The summed E-state index contributed by atoms with van der Waals surface area (Å²) in [4.78, 5) is 20.3. The van der Waals surface area contributed by atoms with Crippen LogP contribution in [0.5, 0.6) is 0 Å². The molecule has 0 spiro atoms. The van der Waals surface area contributed by atoms with Gasteiger partial charge in [0, 0.05) is 21.9 Å². The van der Waals surface area contributed by atoms with E-state index >= 15 is 0 Å². The van der Waals surface area contributed by atoms with E-state index in [1.807, 2.05) is 36.4 Å². The smallest absolute Gasteiger partial charge is 0.266 e. The highest BCUT2D eigenvalue weighted by molar-refractivity contribution is 9.10. The number of rotatable bonds is 1. The van der Waals surface area contributed by atoms with Gasteiger partial charge >= 0.3 is 0 Å². The zero-order valence-corrected chi connectivity index (χ0v) is 11.5. The second-order valence-electron chi connectivity index (χ2n) is 4.16. The standard InChI is InChI=1S/C14H10BrN3O/c15-9-4-5-11-10(7-9)14(17-8-13(19)18-11)12-3-1-2-6-16-12/h1-8,14H,(H,18,19). The van der Waals surface area contributed by atoms with Gasteiger partial charge < -0.3 is 5.32 Å². The van der Waals surface area contributed by atoms with E-state index < -0.39 is 0 Å². The van der Waals surface area contributed by atoms with Crippen molar-refractivity contribution in [3.8, 4) is 0 Å². The van der Waals surface area contributed by atoms with Gasteiger partial charge in [-0.15, -0.1) is 0 Å². The van der Waals surface area contributed by atoms with Crippen molar-refractivity contribution in [1.82, 2.24) is 4.98 Å². The fourth-order valence-corrected chi connectivity index (χ4v) is 2.41. The van der Waals surface area contributed by atoms with Crippen LogP contribution in [0.15, 0.2) is 52.1 Å². The Kier molecular flexibility index (Phi) is 3.13. The molecule has 2 heterocycles. The number of hydrogen-bond acceptors (Lipinski definition) is 3. The van der Waals surface area contributed by atoms with Crippen molar-refractivity contribution >= 4 is 33.7 Å². The number of anilines is 1. The number of nitrogens with zero attached hydrogens (tertiary/aromatic N) is 2. The Balaban J connectivity index is 2.17. The number of carbonyl (C=O) groups excluding carboxylic acids is 1. The molecule has 1 atom stereocenters. The summed E-state index contributed by atoms with van der Waals surface area (Å²) in [6, 6.07) is 11.1. The number of pyridine rings is 1. The van der Waals surface area contributed by atoms with Gasteiger partial charge in [-0.1, -0.05) is 22.0 Å². The van der Waals surface area contributed by atoms with Crippen molar-refractivity contribution in [3.05, 3.63) is 58.3 Å². The molecule has 1 amide bonds. The molecule has 3 rings (SSSR count). The van der Waals surface area contributed by atoms with Crippen LogP contribution in [-0.2, 0) is 4.79 Å². The van der Waals surface area contributed by atoms with Gasteiger partial charge in [0.1, 0.15) is 6.04 Å². The van der Waals surface area contributed by atoms with Crippen molar-refractivity contribution in [2.24, 2.45) is 4.99 Å². The molecule has 1 aliphatic heterocycles. The maximum absolute atomic E-state index is 11.6. The predicted molar refractivity (Wildman–Crippen MR) is 77.3 cm³/mol. The molecule has 5 heteroatoms. The summed E-state index contributed by atoms with van der Waals surface area (Å²) in [5.74, 6) is -0.220. The molecule has 0 fully saturated rings. The van der Waals surface area contributed by atoms with E-state index in [4.69, 9.17) is 0 Å². The first-order valence-electron chi connectivity index (χ1n) is 5.78. The minimum atomic E-state index is -0.271. The molecule has 0 bridgehead atoms. The second kappa shape index (κ2) is 4.93. The van der Waals surface area contributed by atoms with Gasteiger partial charge in [0.15, 0.2) is 0 Å². The van der Waals surface area contributed by atoms with Gasteiger partial charge in [-0.3, -0.25) is 14.8 Å². The average Bonchev–Trinajstić information content (AvgIpc) is 2.58. The molecule has 4 nitrogen and oxygen atoms in total. The molecule has 0 aliphatic carbocycles. The quantitative estimate of drug-likeness (QED) is 0.879. The molecule has 94 valence electrons. The lowest BCUT2D eigenvalue weighted by Gasteiger charge is -2.14. The molecular formula is C14H10BrN3O. The Hall–Kier alpha value is -2.01. The van der Waals surface area contributed by atoms with Gasteiger partial charge in [0.25, 0.3) is 5.91 Å². The summed E-state index contributed by atoms with van der Waals surface area (Å²) in [6.07, 6.45) is 3.04. The maximum Gasteiger partial charge on any atom is 0.266 e. The minimum absolute atomic E-state index is 0.220. The Morgan fingerprint density at radius 2 is 2.11 bits per heavy atom. The number of hydrogen-bond donors (Lipinski definition) is 1. The normalized spacial score (nSPS) is 17.5. The van der Waals surface area contributed by atoms with Crippen LogP contribution >= 0.6 is 15.9 Å². The third kappa shape index (κ3) is 2.42. The largest absolute Gasteiger partial charge is 0.321 e. The van der Waals surface area contributed by atoms with Crippen molar-refractivity contribution in [2.75, 3.05) is 5.32 Å². The number of aliphatic imine (C=N–C) groups is 1. The first kappa shape index (κ1) is 12.0. The van der Waals surface area contributed by atoms with Crippen LogP contribution < -0.4 is 5.32 Å². The van der Waals surface area contributed by atoms with Crippen LogP contribution in [-0.4, -0.2) is 17.1 Å². The molecule has 0 saturated heterocycles. The van der Waals surface area contributed by atoms with Crippen LogP contribution in [0.25, 0.3) is 0 Å². The summed E-state index contributed by atoms with van der Waals surface area (Å²) < 4.78 is 0.943. The molecule has 1 aromatic carbocycles. The monoisotopic (exact) mass is 315 g/mol. The van der Waals surface area contributed by atoms with Crippen molar-refractivity contribution in [1.29, 1.82) is 0 Å². The van der Waals surface area contributed by atoms with E-state index in [1.165, 1.54) is 6.21 Å². The lowest BCUT2D eigenvalue weighted by molar-refractivity contribution is -0.109. The predicted octanol–water partition coefficient (Wildman–Crippen LogP) is 2.96. The summed E-state index contributed by atoms with van der Waals surface area (Å²) >= 11 is 3.45. The Bertz CT molecular complexity index is 655. The first-order chi connectivity index (χ1) is 9.24. The average molecular weight is 316 g/mol. The molecule has 1 unspecified atom stereocenters. The summed E-state index contributed by atoms with van der Waals surface area (Å²) in [5, 5.41) is 2.81. The second-order valence-corrected chi connectivity index (χ2v) is 5.07. The number of fused-ring (bicyclic) bond motifs is 1. The van der Waals surface area contributed by atoms with Crippen LogP contribution in [0, 0.1) is 0 Å². The van der Waals surface area contributed by atoms with Gasteiger partial charge in [0.05, 0.1) is 11.9 Å². The number of benzene rings is 1. The van der Waals surface area contributed by atoms with E-state index in [0.29, 0.717) is 0 Å². The van der Waals surface area contributed by atoms with E-state index in [9.17, 15) is 4.79 Å². The zero-order chi connectivity index (χ0) is 13.2. The SMILES string of the molecule is O=C1C=NC(c2ccccn2)c2cc(Br)ccc2N1. The zero-order valence-electron chi connectivity index (χ0n) is 9.88. The Morgan fingerprint density at radius 1 is 1.21 bits per heavy atom. The van der Waals surface area contributed by atoms with Gasteiger partial charge in [-0.2, -0.15) is 0 Å². The number of aromatic nitrogens is 1. The highest BCUT2D eigenvalue weighted by Crippen LogP contribution is 2.33. The molecule has 1 aliphatic rings. The highest BCUT2D eigenvalue weighted by atomic mass is 79.9. The van der Waals surface area contributed by atoms with Gasteiger partial charge in [-0.05, 0) is 30.3 Å². The molecular weight excluding hydrogens is 306 g/mol. The van der Waals surface area contributed by atoms with E-state index in [-0.39, 0.29) is 11.9 Å². The summed E-state index contributed by atoms with van der Waals surface area (Å²) in [5.41, 5.74) is 2.51. The van der Waals surface area contributed by atoms with E-state index in [2.05, 4.69) is 31.2 Å². The fraction of sp³-hybridized carbons (Fsp3) is 0.0714. The third-order valence-corrected chi connectivity index (χ3v) is 3.37. The summed E-state index contributed by atoms with van der Waals surface area (Å²) in [6.45, 7) is 0. The molecule has 1 aromatic heterocycles. The molecule has 2 aromatic rings. The van der Waals surface area contributed by atoms with E-state index in [0.717, 1.165) is 21.4 Å². The topological polar surface area (TPSA) is 54.4 Å². The lowest BCUT2D eigenvalue weighted by atomic mass is 10.0. The van der Waals surface area contributed by atoms with E-state index in [1.54, 1.807) is 6.20 Å². The van der Waals surface area contributed by atoms with Crippen molar-refractivity contribution in [2.45, 2.75) is 6.04 Å². The van der Waals surface area contributed by atoms with Crippen LogP contribution in [0.1, 0.15) is 17.3 Å². The lowest BCUT2D eigenvalue weighted by Crippen LogP contribution is -2.11. The first-order valence-corrected chi connectivity index (χ1v) is 6.58. The number of nitrogens with one attached hydrogen (secondary N) is 1. The molecule has 19 heavy (non-hydrogen) atoms. The van der Waals surface area contributed by atoms with Gasteiger partial charge in [0.2, 0.25) is 0 Å². The van der Waals surface area contributed by atoms with Gasteiger partial charge in [-0.25, -0.2) is 0 Å². The molecule has 1 N–H and O–H groups in total. The highest BCUT2D eigenvalue weighted by Gasteiger charge is 2.21. The van der Waals surface area contributed by atoms with Crippen molar-refractivity contribution in [3.63, 3.8) is 0 Å². The minimum Gasteiger partial charge on any atom is -0.321 e. The Morgan fingerprint density at radius 3 is 2.89 bits per heavy atom. The molecule has 0 radical (unpaired) electrons. The van der Waals surface area contributed by atoms with Crippen LogP contribution in [0.2, 0.25) is 0 Å². The number of amides is 1. The maximum atomic E-state index is 11.6. The number of halogens is 1. The number of carbonyl (C=O) groups is 1. The third-order valence-electron chi connectivity index (χ3n) is 2.87.